The average Bonchev–Trinajstić information content (AvgIpc) is 2.34. The number of phosphoric ester groups is 1. The second-order valence-corrected chi connectivity index (χ2v) is 7.13. The number of rotatable bonds is 8. The van der Waals surface area contributed by atoms with Crippen molar-refractivity contribution in [2.45, 2.75) is 32.5 Å². The third-order valence-electron chi connectivity index (χ3n) is 2.50. The minimum absolute atomic E-state index is 0.222. The Hall–Kier alpha value is -0.0800. The molecule has 21 heavy (non-hydrogen) atoms. The fraction of sp³-hybridized carbons (Fsp3) is 0.800. The van der Waals surface area contributed by atoms with E-state index in [1.54, 1.807) is 6.92 Å². The lowest BCUT2D eigenvalue weighted by molar-refractivity contribution is -0.339. The Kier molecular flexibility index (Phi) is 7.70. The molecule has 2 atom stereocenters. The van der Waals surface area contributed by atoms with Gasteiger partial charge in [0, 0.05) is 6.61 Å². The zero-order valence-corrected chi connectivity index (χ0v) is 13.3. The molecule has 0 aromatic rings. The van der Waals surface area contributed by atoms with E-state index in [2.05, 4.69) is 8.83 Å². The van der Waals surface area contributed by atoms with Crippen molar-refractivity contribution >= 4 is 15.6 Å². The van der Waals surface area contributed by atoms with Crippen LogP contribution in [0.4, 0.5) is 0 Å². The van der Waals surface area contributed by atoms with Gasteiger partial charge in [0.25, 0.3) is 7.82 Å². The van der Waals surface area contributed by atoms with Crippen molar-refractivity contribution in [2.24, 2.45) is 0 Å². The maximum Gasteiger partial charge on any atom is 0.272 e. The predicted molar refractivity (Wildman–Crippen MR) is 65.6 cm³/mol. The van der Waals surface area contributed by atoms with Gasteiger partial charge in [0.15, 0.2) is 6.29 Å². The molecule has 1 rings (SSSR count). The number of hydrogen-bond acceptors (Lipinski definition) is 9. The van der Waals surface area contributed by atoms with Crippen LogP contribution in [-0.4, -0.2) is 26.1 Å². The monoisotopic (exact) mass is 343 g/mol. The van der Waals surface area contributed by atoms with E-state index in [1.165, 1.54) is 6.08 Å². The quantitative estimate of drug-likeness (QED) is 0.433. The minimum Gasteiger partial charge on any atom is -0.790 e. The van der Waals surface area contributed by atoms with Crippen molar-refractivity contribution in [3.63, 3.8) is 0 Å². The Labute approximate surface area is 122 Å². The molecule has 0 aromatic heterocycles. The average molecular weight is 343 g/mol. The van der Waals surface area contributed by atoms with Crippen molar-refractivity contribution < 1.29 is 42.1 Å². The molecular weight excluding hydrogens is 326 g/mol. The van der Waals surface area contributed by atoms with Crippen molar-refractivity contribution in [1.29, 1.82) is 0 Å². The van der Waals surface area contributed by atoms with E-state index in [9.17, 15) is 23.8 Å². The fourth-order valence-corrected chi connectivity index (χ4v) is 2.97. The van der Waals surface area contributed by atoms with E-state index in [0.717, 1.165) is 19.3 Å². The van der Waals surface area contributed by atoms with Gasteiger partial charge in [-0.15, -0.1) is 0 Å². The zero-order valence-electron chi connectivity index (χ0n) is 11.5. The normalized spacial score (nSPS) is 23.8. The SMILES string of the molecule is C/C(=C\COP(=O)([O-])OP(=O)([O-])[O-])COC1CCCCO1. The van der Waals surface area contributed by atoms with Crippen molar-refractivity contribution in [3.05, 3.63) is 11.6 Å². The Morgan fingerprint density at radius 2 is 2.05 bits per heavy atom. The molecule has 1 aliphatic rings. The smallest absolute Gasteiger partial charge is 0.272 e. The molecule has 2 unspecified atom stereocenters. The molecule has 124 valence electrons. The molecule has 11 heteroatoms. The van der Waals surface area contributed by atoms with Gasteiger partial charge < -0.3 is 33.2 Å². The summed E-state index contributed by atoms with van der Waals surface area (Å²) in [6, 6.07) is 0. The molecule has 0 spiro atoms. The van der Waals surface area contributed by atoms with E-state index in [0.29, 0.717) is 12.2 Å². The summed E-state index contributed by atoms with van der Waals surface area (Å²) in [6.07, 6.45) is 3.93. The molecule has 0 radical (unpaired) electrons. The van der Waals surface area contributed by atoms with E-state index in [4.69, 9.17) is 9.47 Å². The third-order valence-corrected chi connectivity index (χ3v) is 4.56. The highest BCUT2D eigenvalue weighted by Crippen LogP contribution is 2.50. The van der Waals surface area contributed by atoms with Crippen LogP contribution in [0.3, 0.4) is 0 Å². The lowest BCUT2D eigenvalue weighted by atomic mass is 10.2. The summed E-state index contributed by atoms with van der Waals surface area (Å²) >= 11 is 0. The van der Waals surface area contributed by atoms with E-state index < -0.39 is 22.3 Å². The van der Waals surface area contributed by atoms with Crippen LogP contribution in [0, 0.1) is 0 Å². The van der Waals surface area contributed by atoms with Crippen LogP contribution in [0.25, 0.3) is 0 Å². The summed E-state index contributed by atoms with van der Waals surface area (Å²) in [6.45, 7) is 2.09. The van der Waals surface area contributed by atoms with Crippen molar-refractivity contribution in [2.75, 3.05) is 19.8 Å². The van der Waals surface area contributed by atoms with Gasteiger partial charge in [-0.25, -0.2) is 0 Å². The molecule has 9 nitrogen and oxygen atoms in total. The molecule has 0 amide bonds. The van der Waals surface area contributed by atoms with Gasteiger partial charge in [0.1, 0.15) is 0 Å². The number of phosphoric acid groups is 2. The first kappa shape index (κ1) is 19.0. The first-order valence-electron chi connectivity index (χ1n) is 6.26. The van der Waals surface area contributed by atoms with Crippen molar-refractivity contribution in [1.82, 2.24) is 0 Å². The summed E-state index contributed by atoms with van der Waals surface area (Å²) in [5, 5.41) is 0. The predicted octanol–water partition coefficient (Wildman–Crippen LogP) is -0.194. The van der Waals surface area contributed by atoms with Gasteiger partial charge in [0.05, 0.1) is 21.0 Å². The van der Waals surface area contributed by atoms with Crippen LogP contribution in [0.5, 0.6) is 0 Å². The van der Waals surface area contributed by atoms with Crippen LogP contribution in [0.2, 0.25) is 0 Å². The Morgan fingerprint density at radius 3 is 2.62 bits per heavy atom. The summed E-state index contributed by atoms with van der Waals surface area (Å²) in [5.41, 5.74) is 0.664. The van der Waals surface area contributed by atoms with Gasteiger partial charge in [0.2, 0.25) is 0 Å². The van der Waals surface area contributed by atoms with Crippen LogP contribution in [-0.2, 0) is 27.4 Å². The fourth-order valence-electron chi connectivity index (χ4n) is 1.54. The first-order valence-corrected chi connectivity index (χ1v) is 9.18. The van der Waals surface area contributed by atoms with Gasteiger partial charge in [-0.1, -0.05) is 6.08 Å². The van der Waals surface area contributed by atoms with Crippen LogP contribution in [0.15, 0.2) is 11.6 Å². The highest BCUT2D eigenvalue weighted by molar-refractivity contribution is 7.58. The van der Waals surface area contributed by atoms with Crippen molar-refractivity contribution in [3.8, 4) is 0 Å². The summed E-state index contributed by atoms with van der Waals surface area (Å²) in [5.74, 6) is 0. The van der Waals surface area contributed by atoms with Gasteiger partial charge in [-0.2, -0.15) is 0 Å². The Morgan fingerprint density at radius 1 is 1.33 bits per heavy atom. The van der Waals surface area contributed by atoms with E-state index in [-0.39, 0.29) is 12.9 Å². The third kappa shape index (κ3) is 9.52. The molecule has 1 aliphatic heterocycles. The maximum absolute atomic E-state index is 11.0. The van der Waals surface area contributed by atoms with Gasteiger partial charge >= 0.3 is 0 Å². The largest absolute Gasteiger partial charge is 0.790 e. The maximum atomic E-state index is 11.0. The van der Waals surface area contributed by atoms with E-state index in [1.807, 2.05) is 0 Å². The summed E-state index contributed by atoms with van der Waals surface area (Å²) < 4.78 is 39.4. The molecule has 1 saturated heterocycles. The van der Waals surface area contributed by atoms with Crippen LogP contribution >= 0.6 is 15.6 Å². The lowest BCUT2D eigenvalue weighted by Gasteiger charge is -2.34. The zero-order chi connectivity index (χ0) is 15.9. The second-order valence-electron chi connectivity index (χ2n) is 4.43. The lowest BCUT2D eigenvalue weighted by Crippen LogP contribution is -2.23. The number of hydrogen-bond donors (Lipinski definition) is 0. The minimum atomic E-state index is -5.64. The first-order chi connectivity index (χ1) is 9.68. The molecule has 0 saturated carbocycles. The molecule has 0 aliphatic carbocycles. The van der Waals surface area contributed by atoms with Gasteiger partial charge in [-0.3, -0.25) is 8.88 Å². The molecule has 1 heterocycles. The van der Waals surface area contributed by atoms with Gasteiger partial charge in [-0.05, 0) is 31.8 Å². The van der Waals surface area contributed by atoms with Crippen LogP contribution < -0.4 is 14.7 Å². The molecule has 0 aromatic carbocycles. The highest BCUT2D eigenvalue weighted by Gasteiger charge is 2.14. The van der Waals surface area contributed by atoms with E-state index >= 15 is 0 Å². The standard InChI is InChI=1S/C10H20O9P2/c1-9(8-17-10-4-2-3-6-16-10)5-7-18-21(14,15)19-20(11,12)13/h5,10H,2-4,6-8H2,1H3,(H,14,15)(H2,11,12,13)/p-3/b9-5+. The topological polar surface area (TPSA) is 140 Å². The molecular formula is C10H17O9P2-3. The van der Waals surface area contributed by atoms with Crippen LogP contribution in [0.1, 0.15) is 26.2 Å². The summed E-state index contributed by atoms with van der Waals surface area (Å²) in [4.78, 5) is 31.3. The Balaban J connectivity index is 2.28. The Bertz CT molecular complexity index is 438. The summed E-state index contributed by atoms with van der Waals surface area (Å²) in [7, 11) is -10.8. The molecule has 0 N–H and O–H groups in total. The second kappa shape index (κ2) is 8.53. The number of ether oxygens (including phenoxy) is 2. The molecule has 1 fully saturated rings. The molecule has 0 bridgehead atoms. The highest BCUT2D eigenvalue weighted by atomic mass is 31.3.